The van der Waals surface area contributed by atoms with Crippen molar-refractivity contribution in [3.8, 4) is 0 Å². The van der Waals surface area contributed by atoms with Gasteiger partial charge in [0.2, 0.25) is 5.76 Å². The van der Waals surface area contributed by atoms with Crippen LogP contribution in [0.4, 0.5) is 0 Å². The van der Waals surface area contributed by atoms with Gasteiger partial charge >= 0.3 is 5.97 Å². The highest BCUT2D eigenvalue weighted by molar-refractivity contribution is 5.86. The first-order chi connectivity index (χ1) is 8.08. The normalized spacial score (nSPS) is 13.5. The minimum Gasteiger partial charge on any atom is -0.463 e. The molecule has 0 aliphatic carbocycles. The predicted octanol–water partition coefficient (Wildman–Crippen LogP) is 2.47. The summed E-state index contributed by atoms with van der Waals surface area (Å²) in [5.41, 5.74) is 1.15. The van der Waals surface area contributed by atoms with Crippen molar-refractivity contribution in [3.63, 3.8) is 0 Å². The lowest BCUT2D eigenvalue weighted by molar-refractivity contribution is 0.0564. The summed E-state index contributed by atoms with van der Waals surface area (Å²) in [6, 6.07) is 3.66. The van der Waals surface area contributed by atoms with E-state index < -0.39 is 5.97 Å². The van der Waals surface area contributed by atoms with Gasteiger partial charge in [0.15, 0.2) is 0 Å². The Morgan fingerprint density at radius 2 is 2.29 bits per heavy atom. The van der Waals surface area contributed by atoms with Gasteiger partial charge in [-0.2, -0.15) is 0 Å². The molecule has 17 heavy (non-hydrogen) atoms. The van der Waals surface area contributed by atoms with Crippen molar-refractivity contribution in [3.05, 3.63) is 29.2 Å². The van der Waals surface area contributed by atoms with Crippen molar-refractivity contribution in [1.29, 1.82) is 0 Å². The Balaban J connectivity index is 2.77. The summed E-state index contributed by atoms with van der Waals surface area (Å²) in [5, 5.41) is 3.30. The van der Waals surface area contributed by atoms with E-state index in [0.717, 1.165) is 12.1 Å². The van der Waals surface area contributed by atoms with Crippen LogP contribution in [-0.2, 0) is 4.74 Å². The molecule has 1 N–H and O–H groups in total. The number of hydrogen-bond acceptors (Lipinski definition) is 4. The first kappa shape index (κ1) is 13.5. The van der Waals surface area contributed by atoms with Crippen LogP contribution in [0.25, 0.3) is 6.08 Å². The summed E-state index contributed by atoms with van der Waals surface area (Å²) >= 11 is 0. The second-order valence-corrected chi connectivity index (χ2v) is 3.86. The fourth-order valence-electron chi connectivity index (χ4n) is 1.46. The maximum Gasteiger partial charge on any atom is 0.373 e. The van der Waals surface area contributed by atoms with Gasteiger partial charge in [0.25, 0.3) is 0 Å². The summed E-state index contributed by atoms with van der Waals surface area (Å²) in [7, 11) is 1.33. The molecule has 4 heteroatoms. The van der Waals surface area contributed by atoms with Crippen molar-refractivity contribution in [2.24, 2.45) is 0 Å². The number of nitrogens with one attached hydrogen (secondary N) is 1. The topological polar surface area (TPSA) is 51.5 Å². The molecule has 0 bridgehead atoms. The molecule has 1 aromatic heterocycles. The van der Waals surface area contributed by atoms with Crippen molar-refractivity contribution in [1.82, 2.24) is 5.32 Å². The molecule has 1 unspecified atom stereocenters. The zero-order chi connectivity index (χ0) is 12.8. The molecule has 1 rings (SSSR count). The summed E-state index contributed by atoms with van der Waals surface area (Å²) < 4.78 is 9.93. The lowest BCUT2D eigenvalue weighted by Gasteiger charge is -2.12. The molecule has 0 fully saturated rings. The molecule has 1 atom stereocenters. The number of esters is 1. The molecule has 0 saturated heterocycles. The number of carbonyl (C=O) groups is 1. The first-order valence-electron chi connectivity index (χ1n) is 5.68. The summed E-state index contributed by atoms with van der Waals surface area (Å²) in [5.74, 6) is 0.428. The molecule has 1 heterocycles. The average molecular weight is 237 g/mol. The van der Waals surface area contributed by atoms with E-state index in [4.69, 9.17) is 4.42 Å². The maximum atomic E-state index is 11.2. The SMILES string of the molecule is CCNC(C)/C(C)=C/c1ccc(C(=O)OC)o1. The van der Waals surface area contributed by atoms with Gasteiger partial charge in [-0.1, -0.05) is 12.5 Å². The third-order valence-corrected chi connectivity index (χ3v) is 2.58. The fourth-order valence-corrected chi connectivity index (χ4v) is 1.46. The van der Waals surface area contributed by atoms with E-state index in [-0.39, 0.29) is 11.8 Å². The van der Waals surface area contributed by atoms with E-state index in [1.165, 1.54) is 7.11 Å². The highest BCUT2D eigenvalue weighted by atomic mass is 16.5. The summed E-state index contributed by atoms with van der Waals surface area (Å²) in [6.07, 6.45) is 1.92. The molecule has 0 amide bonds. The van der Waals surface area contributed by atoms with Gasteiger partial charge in [0.1, 0.15) is 5.76 Å². The maximum absolute atomic E-state index is 11.2. The van der Waals surface area contributed by atoms with Crippen LogP contribution in [0.2, 0.25) is 0 Å². The second kappa shape index (κ2) is 6.25. The third-order valence-electron chi connectivity index (χ3n) is 2.58. The van der Waals surface area contributed by atoms with Gasteiger partial charge in [-0.05, 0) is 38.6 Å². The third kappa shape index (κ3) is 3.75. The van der Waals surface area contributed by atoms with Crippen molar-refractivity contribution >= 4 is 12.0 Å². The molecule has 4 nitrogen and oxygen atoms in total. The Kier molecular flexibility index (Phi) is 4.97. The average Bonchev–Trinajstić information content (AvgIpc) is 2.76. The number of ether oxygens (including phenoxy) is 1. The van der Waals surface area contributed by atoms with Crippen molar-refractivity contribution < 1.29 is 13.9 Å². The molecular weight excluding hydrogens is 218 g/mol. The molecule has 0 spiro atoms. The quantitative estimate of drug-likeness (QED) is 0.799. The van der Waals surface area contributed by atoms with Crippen molar-refractivity contribution in [2.75, 3.05) is 13.7 Å². The zero-order valence-corrected chi connectivity index (χ0v) is 10.7. The highest BCUT2D eigenvalue weighted by Gasteiger charge is 2.10. The predicted molar refractivity (Wildman–Crippen MR) is 66.8 cm³/mol. The van der Waals surface area contributed by atoms with E-state index >= 15 is 0 Å². The smallest absolute Gasteiger partial charge is 0.373 e. The number of hydrogen-bond donors (Lipinski definition) is 1. The van der Waals surface area contributed by atoms with Crippen LogP contribution in [0.3, 0.4) is 0 Å². The Morgan fingerprint density at radius 1 is 1.59 bits per heavy atom. The monoisotopic (exact) mass is 237 g/mol. The Bertz CT molecular complexity index is 407. The molecule has 94 valence electrons. The first-order valence-corrected chi connectivity index (χ1v) is 5.68. The van der Waals surface area contributed by atoms with Gasteiger partial charge in [0.05, 0.1) is 7.11 Å². The number of furan rings is 1. The Labute approximate surface area is 102 Å². The van der Waals surface area contributed by atoms with Gasteiger partial charge in [0, 0.05) is 6.04 Å². The Hall–Kier alpha value is -1.55. The molecule has 1 aromatic rings. The number of methoxy groups -OCH3 is 1. The van der Waals surface area contributed by atoms with Crippen LogP contribution in [0, 0.1) is 0 Å². The van der Waals surface area contributed by atoms with Crippen LogP contribution >= 0.6 is 0 Å². The van der Waals surface area contributed by atoms with Crippen LogP contribution in [0.5, 0.6) is 0 Å². The number of carbonyl (C=O) groups excluding carboxylic acids is 1. The lowest BCUT2D eigenvalue weighted by Crippen LogP contribution is -2.26. The molecule has 0 aromatic carbocycles. The zero-order valence-electron chi connectivity index (χ0n) is 10.7. The van der Waals surface area contributed by atoms with E-state index in [1.807, 2.05) is 13.0 Å². The summed E-state index contributed by atoms with van der Waals surface area (Å²) in [6.45, 7) is 7.08. The Morgan fingerprint density at radius 3 is 2.88 bits per heavy atom. The second-order valence-electron chi connectivity index (χ2n) is 3.86. The largest absolute Gasteiger partial charge is 0.463 e. The minimum absolute atomic E-state index is 0.225. The number of rotatable bonds is 5. The van der Waals surface area contributed by atoms with Gasteiger partial charge < -0.3 is 14.5 Å². The molecular formula is C13H19NO3. The van der Waals surface area contributed by atoms with Crippen LogP contribution in [0.1, 0.15) is 37.1 Å². The molecule has 0 radical (unpaired) electrons. The minimum atomic E-state index is -0.456. The van der Waals surface area contributed by atoms with E-state index in [9.17, 15) is 4.79 Å². The van der Waals surface area contributed by atoms with E-state index in [0.29, 0.717) is 5.76 Å². The van der Waals surface area contributed by atoms with E-state index in [1.54, 1.807) is 12.1 Å². The highest BCUT2D eigenvalue weighted by Crippen LogP contribution is 2.14. The fraction of sp³-hybridized carbons (Fsp3) is 0.462. The number of likely N-dealkylation sites (N-methyl/N-ethyl adjacent to an activating group) is 1. The van der Waals surface area contributed by atoms with Crippen LogP contribution in [0.15, 0.2) is 22.1 Å². The van der Waals surface area contributed by atoms with Gasteiger partial charge in [-0.15, -0.1) is 0 Å². The summed E-state index contributed by atoms with van der Waals surface area (Å²) in [4.78, 5) is 11.2. The molecule has 0 aliphatic heterocycles. The molecule has 0 aliphatic rings. The molecule has 0 saturated carbocycles. The van der Waals surface area contributed by atoms with Crippen LogP contribution in [-0.4, -0.2) is 25.7 Å². The van der Waals surface area contributed by atoms with Crippen molar-refractivity contribution in [2.45, 2.75) is 26.8 Å². The lowest BCUT2D eigenvalue weighted by atomic mass is 10.1. The van der Waals surface area contributed by atoms with Gasteiger partial charge in [-0.3, -0.25) is 0 Å². The van der Waals surface area contributed by atoms with Gasteiger partial charge in [-0.25, -0.2) is 4.79 Å². The standard InChI is InChI=1S/C13H19NO3/c1-5-14-10(3)9(2)8-11-6-7-12(17-11)13(15)16-4/h6-8,10,14H,5H2,1-4H3/b9-8+. The van der Waals surface area contributed by atoms with Crippen LogP contribution < -0.4 is 5.32 Å². The van der Waals surface area contributed by atoms with E-state index in [2.05, 4.69) is 23.9 Å².